The SMILES string of the molecule is CCOC(=O)[C@@H](C#N)c1nc2ccccc2nc1N1CCCCCC1. The zero-order chi connectivity index (χ0) is 17.6. The molecular formula is C19H22N4O2. The number of hydrogen-bond acceptors (Lipinski definition) is 6. The van der Waals surface area contributed by atoms with Gasteiger partial charge in [0, 0.05) is 13.1 Å². The lowest BCUT2D eigenvalue weighted by Gasteiger charge is -2.25. The second-order valence-corrected chi connectivity index (χ2v) is 6.14. The maximum absolute atomic E-state index is 12.3. The molecule has 1 atom stereocenters. The minimum atomic E-state index is -1.06. The third kappa shape index (κ3) is 3.71. The predicted molar refractivity (Wildman–Crippen MR) is 95.2 cm³/mol. The van der Waals surface area contributed by atoms with E-state index in [0.717, 1.165) is 31.4 Å². The molecule has 0 saturated carbocycles. The average molecular weight is 338 g/mol. The molecule has 6 heteroatoms. The van der Waals surface area contributed by atoms with Gasteiger partial charge in [0.1, 0.15) is 5.69 Å². The van der Waals surface area contributed by atoms with E-state index in [-0.39, 0.29) is 6.61 Å². The molecule has 1 aliphatic heterocycles. The van der Waals surface area contributed by atoms with E-state index in [1.54, 1.807) is 6.92 Å². The fourth-order valence-corrected chi connectivity index (χ4v) is 3.16. The Morgan fingerprint density at radius 2 is 1.84 bits per heavy atom. The third-order valence-electron chi connectivity index (χ3n) is 4.41. The Bertz CT molecular complexity index is 792. The van der Waals surface area contributed by atoms with Gasteiger partial charge in [-0.3, -0.25) is 4.79 Å². The van der Waals surface area contributed by atoms with Crippen LogP contribution in [0.15, 0.2) is 24.3 Å². The van der Waals surface area contributed by atoms with E-state index < -0.39 is 11.9 Å². The van der Waals surface area contributed by atoms with Crippen LogP contribution >= 0.6 is 0 Å². The second-order valence-electron chi connectivity index (χ2n) is 6.14. The van der Waals surface area contributed by atoms with E-state index in [9.17, 15) is 10.1 Å². The van der Waals surface area contributed by atoms with Gasteiger partial charge in [-0.05, 0) is 31.9 Å². The van der Waals surface area contributed by atoms with Crippen molar-refractivity contribution in [3.63, 3.8) is 0 Å². The quantitative estimate of drug-likeness (QED) is 0.797. The number of carbonyl (C=O) groups is 1. The molecule has 1 aromatic heterocycles. The number of benzene rings is 1. The Balaban J connectivity index is 2.11. The molecule has 0 bridgehead atoms. The zero-order valence-corrected chi connectivity index (χ0v) is 14.4. The number of hydrogen-bond donors (Lipinski definition) is 0. The lowest BCUT2D eigenvalue weighted by atomic mass is 10.1. The molecular weight excluding hydrogens is 316 g/mol. The molecule has 130 valence electrons. The van der Waals surface area contributed by atoms with Crippen molar-refractivity contribution in [2.75, 3.05) is 24.6 Å². The molecule has 0 spiro atoms. The summed E-state index contributed by atoms with van der Waals surface area (Å²) in [5.74, 6) is -0.985. The van der Waals surface area contributed by atoms with Gasteiger partial charge in [0.2, 0.25) is 0 Å². The molecule has 1 saturated heterocycles. The van der Waals surface area contributed by atoms with Crippen LogP contribution in [0.3, 0.4) is 0 Å². The van der Waals surface area contributed by atoms with Crippen molar-refractivity contribution in [3.8, 4) is 6.07 Å². The van der Waals surface area contributed by atoms with E-state index in [1.807, 2.05) is 24.3 Å². The van der Waals surface area contributed by atoms with Gasteiger partial charge in [-0.25, -0.2) is 9.97 Å². The Hall–Kier alpha value is -2.68. The molecule has 6 nitrogen and oxygen atoms in total. The molecule has 0 radical (unpaired) electrons. The summed E-state index contributed by atoms with van der Waals surface area (Å²) < 4.78 is 5.08. The van der Waals surface area contributed by atoms with Crippen molar-refractivity contribution in [2.45, 2.75) is 38.5 Å². The summed E-state index contributed by atoms with van der Waals surface area (Å²) in [6.45, 7) is 3.69. The number of nitriles is 1. The second kappa shape index (κ2) is 7.93. The predicted octanol–water partition coefficient (Wildman–Crippen LogP) is 3.18. The van der Waals surface area contributed by atoms with Crippen LogP contribution in [-0.2, 0) is 9.53 Å². The van der Waals surface area contributed by atoms with Crippen LogP contribution in [0.1, 0.15) is 44.2 Å². The highest BCUT2D eigenvalue weighted by Gasteiger charge is 2.30. The van der Waals surface area contributed by atoms with Crippen molar-refractivity contribution >= 4 is 22.8 Å². The van der Waals surface area contributed by atoms with Crippen LogP contribution in [0.25, 0.3) is 11.0 Å². The number of fused-ring (bicyclic) bond motifs is 1. The van der Waals surface area contributed by atoms with Gasteiger partial charge in [0.25, 0.3) is 0 Å². The van der Waals surface area contributed by atoms with Crippen LogP contribution in [-0.4, -0.2) is 35.6 Å². The van der Waals surface area contributed by atoms with Gasteiger partial charge >= 0.3 is 5.97 Å². The van der Waals surface area contributed by atoms with Crippen LogP contribution in [0, 0.1) is 11.3 Å². The summed E-state index contributed by atoms with van der Waals surface area (Å²) in [6.07, 6.45) is 4.52. The summed E-state index contributed by atoms with van der Waals surface area (Å²) in [5.41, 5.74) is 1.85. The van der Waals surface area contributed by atoms with Gasteiger partial charge in [0.15, 0.2) is 11.7 Å². The van der Waals surface area contributed by atoms with Crippen molar-refractivity contribution in [3.05, 3.63) is 30.0 Å². The van der Waals surface area contributed by atoms with Crippen LogP contribution in [0.4, 0.5) is 5.82 Å². The molecule has 3 rings (SSSR count). The first-order chi connectivity index (χ1) is 12.2. The molecule has 25 heavy (non-hydrogen) atoms. The fourth-order valence-electron chi connectivity index (χ4n) is 3.16. The molecule has 2 heterocycles. The first kappa shape index (κ1) is 17.2. The Labute approximate surface area is 147 Å². The summed E-state index contributed by atoms with van der Waals surface area (Å²) in [7, 11) is 0. The van der Waals surface area contributed by atoms with Gasteiger partial charge in [-0.1, -0.05) is 25.0 Å². The number of anilines is 1. The smallest absolute Gasteiger partial charge is 0.329 e. The average Bonchev–Trinajstić information content (AvgIpc) is 2.91. The highest BCUT2D eigenvalue weighted by molar-refractivity contribution is 5.85. The summed E-state index contributed by atoms with van der Waals surface area (Å²) >= 11 is 0. The number of ether oxygens (including phenoxy) is 1. The first-order valence-corrected chi connectivity index (χ1v) is 8.82. The fraction of sp³-hybridized carbons (Fsp3) is 0.474. The number of carbonyl (C=O) groups excluding carboxylic acids is 1. The lowest BCUT2D eigenvalue weighted by molar-refractivity contribution is -0.143. The van der Waals surface area contributed by atoms with E-state index >= 15 is 0 Å². The molecule has 1 fully saturated rings. The van der Waals surface area contributed by atoms with Gasteiger partial charge in [0.05, 0.1) is 23.7 Å². The van der Waals surface area contributed by atoms with Crippen LogP contribution in [0.5, 0.6) is 0 Å². The Morgan fingerprint density at radius 1 is 1.20 bits per heavy atom. The number of rotatable bonds is 4. The van der Waals surface area contributed by atoms with Crippen molar-refractivity contribution in [1.29, 1.82) is 5.26 Å². The van der Waals surface area contributed by atoms with E-state index in [0.29, 0.717) is 17.0 Å². The van der Waals surface area contributed by atoms with E-state index in [2.05, 4.69) is 16.0 Å². The molecule has 1 aromatic carbocycles. The van der Waals surface area contributed by atoms with Crippen molar-refractivity contribution in [2.24, 2.45) is 0 Å². The highest BCUT2D eigenvalue weighted by Crippen LogP contribution is 2.29. The minimum Gasteiger partial charge on any atom is -0.465 e. The summed E-state index contributed by atoms with van der Waals surface area (Å²) in [6, 6.07) is 9.59. The van der Waals surface area contributed by atoms with Crippen LogP contribution < -0.4 is 4.90 Å². The normalized spacial score (nSPS) is 16.1. The molecule has 1 aliphatic rings. The van der Waals surface area contributed by atoms with Crippen LogP contribution in [0.2, 0.25) is 0 Å². The number of aromatic nitrogens is 2. The Morgan fingerprint density at radius 3 is 2.44 bits per heavy atom. The summed E-state index contributed by atoms with van der Waals surface area (Å²) in [4.78, 5) is 23.8. The van der Waals surface area contributed by atoms with Crippen molar-refractivity contribution < 1.29 is 9.53 Å². The van der Waals surface area contributed by atoms with Gasteiger partial charge in [-0.2, -0.15) is 5.26 Å². The number of nitrogens with zero attached hydrogens (tertiary/aromatic N) is 4. The topological polar surface area (TPSA) is 79.1 Å². The van der Waals surface area contributed by atoms with Gasteiger partial charge in [-0.15, -0.1) is 0 Å². The highest BCUT2D eigenvalue weighted by atomic mass is 16.5. The molecule has 0 amide bonds. The van der Waals surface area contributed by atoms with Gasteiger partial charge < -0.3 is 9.64 Å². The maximum Gasteiger partial charge on any atom is 0.329 e. The molecule has 0 unspecified atom stereocenters. The van der Waals surface area contributed by atoms with E-state index in [4.69, 9.17) is 9.72 Å². The Kier molecular flexibility index (Phi) is 5.44. The lowest BCUT2D eigenvalue weighted by Crippen LogP contribution is -2.28. The zero-order valence-electron chi connectivity index (χ0n) is 14.4. The molecule has 0 aliphatic carbocycles. The first-order valence-electron chi connectivity index (χ1n) is 8.82. The van der Waals surface area contributed by atoms with E-state index in [1.165, 1.54) is 12.8 Å². The molecule has 2 aromatic rings. The monoisotopic (exact) mass is 338 g/mol. The number of esters is 1. The maximum atomic E-state index is 12.3. The standard InChI is InChI=1S/C19H22N4O2/c1-2-25-19(24)14(13-20)17-18(23-11-7-3-4-8-12-23)22-16-10-6-5-9-15(16)21-17/h5-6,9-10,14H,2-4,7-8,11-12H2,1H3/t14-/m0/s1. The minimum absolute atomic E-state index is 0.233. The largest absolute Gasteiger partial charge is 0.465 e. The number of para-hydroxylation sites is 2. The summed E-state index contributed by atoms with van der Waals surface area (Å²) in [5, 5.41) is 9.59. The van der Waals surface area contributed by atoms with Crippen molar-refractivity contribution in [1.82, 2.24) is 9.97 Å². The molecule has 0 N–H and O–H groups in total. The third-order valence-corrected chi connectivity index (χ3v) is 4.41.